The van der Waals surface area contributed by atoms with Gasteiger partial charge in [0.15, 0.2) is 0 Å². The molecule has 1 atom stereocenters. The minimum absolute atomic E-state index is 0.0460. The van der Waals surface area contributed by atoms with E-state index in [-0.39, 0.29) is 11.7 Å². The Balaban J connectivity index is 1.90. The van der Waals surface area contributed by atoms with Gasteiger partial charge in [-0.2, -0.15) is 5.10 Å². The van der Waals surface area contributed by atoms with Gasteiger partial charge in [0.2, 0.25) is 11.7 Å². The number of nitrogens with one attached hydrogen (secondary N) is 2. The van der Waals surface area contributed by atoms with Gasteiger partial charge in [-0.15, -0.1) is 0 Å². The van der Waals surface area contributed by atoms with E-state index in [2.05, 4.69) is 20.5 Å². The third-order valence-corrected chi connectivity index (χ3v) is 2.77. The lowest BCUT2D eigenvalue weighted by molar-refractivity contribution is -0.131. The van der Waals surface area contributed by atoms with Crippen molar-refractivity contribution in [3.05, 3.63) is 12.2 Å². The zero-order chi connectivity index (χ0) is 12.3. The summed E-state index contributed by atoms with van der Waals surface area (Å²) in [5.41, 5.74) is 0. The third-order valence-electron chi connectivity index (χ3n) is 2.77. The molecule has 1 aromatic rings. The Bertz CT molecular complexity index is 397. The molecule has 2 amide bonds. The van der Waals surface area contributed by atoms with Crippen LogP contribution in [0.2, 0.25) is 0 Å². The summed E-state index contributed by atoms with van der Waals surface area (Å²) in [6.07, 6.45) is 3.32. The molecule has 0 aromatic carbocycles. The molecule has 0 spiro atoms. The first-order valence-corrected chi connectivity index (χ1v) is 5.63. The van der Waals surface area contributed by atoms with Gasteiger partial charge < -0.3 is 10.2 Å². The van der Waals surface area contributed by atoms with E-state index in [1.807, 2.05) is 0 Å². The number of hydrogen-bond acceptors (Lipinski definition) is 4. The lowest BCUT2D eigenvalue weighted by atomic mass is 10.3. The van der Waals surface area contributed by atoms with Crippen LogP contribution in [0, 0.1) is 0 Å². The van der Waals surface area contributed by atoms with Crippen LogP contribution in [0.15, 0.2) is 6.33 Å². The predicted molar refractivity (Wildman–Crippen MR) is 59.1 cm³/mol. The second-order valence-corrected chi connectivity index (χ2v) is 4.06. The number of carbonyl (C=O) groups excluding carboxylic acids is 2. The maximum atomic E-state index is 11.9. The van der Waals surface area contributed by atoms with Crippen molar-refractivity contribution in [1.29, 1.82) is 0 Å². The first-order chi connectivity index (χ1) is 8.18. The van der Waals surface area contributed by atoms with Crippen LogP contribution in [0.3, 0.4) is 0 Å². The van der Waals surface area contributed by atoms with E-state index in [0.29, 0.717) is 0 Å². The van der Waals surface area contributed by atoms with E-state index in [9.17, 15) is 9.59 Å². The number of hydrogen-bond donors (Lipinski definition) is 2. The summed E-state index contributed by atoms with van der Waals surface area (Å²) in [6.45, 7) is 3.23. The number of likely N-dealkylation sites (tertiary alicyclic amines) is 1. The van der Waals surface area contributed by atoms with Gasteiger partial charge in [-0.05, 0) is 19.8 Å². The number of H-pyrrole nitrogens is 1. The second kappa shape index (κ2) is 4.94. The molecule has 92 valence electrons. The van der Waals surface area contributed by atoms with Crippen molar-refractivity contribution >= 4 is 11.8 Å². The molecule has 7 heteroatoms. The molecule has 1 fully saturated rings. The topological polar surface area (TPSA) is 91.0 Å². The molecule has 2 rings (SSSR count). The standard InChI is InChI=1S/C10H15N5O2/c1-7(10(17)15-4-2-3-5-15)13-9(16)8-11-6-12-14-8/h6-7H,2-5H2,1H3,(H,13,16)(H,11,12,14). The Kier molecular flexibility index (Phi) is 3.36. The molecule has 1 aliphatic heterocycles. The van der Waals surface area contributed by atoms with E-state index in [1.165, 1.54) is 6.33 Å². The maximum Gasteiger partial charge on any atom is 0.289 e. The Labute approximate surface area is 98.6 Å². The van der Waals surface area contributed by atoms with Gasteiger partial charge in [0.05, 0.1) is 0 Å². The molecule has 1 saturated heterocycles. The number of carbonyl (C=O) groups is 2. The molecule has 1 unspecified atom stereocenters. The third kappa shape index (κ3) is 2.61. The van der Waals surface area contributed by atoms with Gasteiger partial charge in [0, 0.05) is 13.1 Å². The van der Waals surface area contributed by atoms with Crippen LogP contribution in [-0.4, -0.2) is 51.0 Å². The lowest BCUT2D eigenvalue weighted by Gasteiger charge is -2.20. The second-order valence-electron chi connectivity index (χ2n) is 4.06. The smallest absolute Gasteiger partial charge is 0.289 e. The van der Waals surface area contributed by atoms with Crippen LogP contribution in [0.4, 0.5) is 0 Å². The van der Waals surface area contributed by atoms with Crippen molar-refractivity contribution in [3.8, 4) is 0 Å². The van der Waals surface area contributed by atoms with Crippen LogP contribution in [0.1, 0.15) is 30.4 Å². The fourth-order valence-electron chi connectivity index (χ4n) is 1.85. The normalized spacial score (nSPS) is 16.9. The van der Waals surface area contributed by atoms with E-state index in [4.69, 9.17) is 0 Å². The van der Waals surface area contributed by atoms with Gasteiger partial charge in [0.25, 0.3) is 5.91 Å². The molecule has 7 nitrogen and oxygen atoms in total. The van der Waals surface area contributed by atoms with Crippen molar-refractivity contribution in [3.63, 3.8) is 0 Å². The van der Waals surface area contributed by atoms with Crippen molar-refractivity contribution in [1.82, 2.24) is 25.4 Å². The van der Waals surface area contributed by atoms with E-state index < -0.39 is 11.9 Å². The van der Waals surface area contributed by atoms with Crippen LogP contribution >= 0.6 is 0 Å². The van der Waals surface area contributed by atoms with Crippen LogP contribution in [0.5, 0.6) is 0 Å². The molecule has 0 aliphatic carbocycles. The minimum atomic E-state index is -0.536. The summed E-state index contributed by atoms with van der Waals surface area (Å²) in [6, 6.07) is -0.536. The fraction of sp³-hybridized carbons (Fsp3) is 0.600. The van der Waals surface area contributed by atoms with Crippen LogP contribution < -0.4 is 5.32 Å². The highest BCUT2D eigenvalue weighted by molar-refractivity contribution is 5.94. The SMILES string of the molecule is CC(NC(=O)c1ncn[nH]1)C(=O)N1CCCC1. The molecule has 0 bridgehead atoms. The van der Waals surface area contributed by atoms with Gasteiger partial charge in [-0.25, -0.2) is 4.98 Å². The molecular weight excluding hydrogens is 222 g/mol. The average molecular weight is 237 g/mol. The monoisotopic (exact) mass is 237 g/mol. The van der Waals surface area contributed by atoms with Crippen molar-refractivity contribution < 1.29 is 9.59 Å². The van der Waals surface area contributed by atoms with Crippen molar-refractivity contribution in [2.24, 2.45) is 0 Å². The van der Waals surface area contributed by atoms with E-state index in [1.54, 1.807) is 11.8 Å². The predicted octanol–water partition coefficient (Wildman–Crippen LogP) is -0.455. The molecule has 2 heterocycles. The summed E-state index contributed by atoms with van der Waals surface area (Å²) < 4.78 is 0. The summed E-state index contributed by atoms with van der Waals surface area (Å²) in [5, 5.41) is 8.63. The summed E-state index contributed by atoms with van der Waals surface area (Å²) in [7, 11) is 0. The summed E-state index contributed by atoms with van der Waals surface area (Å²) in [5.74, 6) is -0.344. The first-order valence-electron chi connectivity index (χ1n) is 5.63. The largest absolute Gasteiger partial charge is 0.341 e. The summed E-state index contributed by atoms with van der Waals surface area (Å²) in [4.78, 5) is 29.0. The Hall–Kier alpha value is -1.92. The minimum Gasteiger partial charge on any atom is -0.341 e. The Morgan fingerprint density at radius 2 is 2.18 bits per heavy atom. The highest BCUT2D eigenvalue weighted by Crippen LogP contribution is 2.09. The molecular formula is C10H15N5O2. The number of aromatic nitrogens is 3. The molecule has 17 heavy (non-hydrogen) atoms. The maximum absolute atomic E-state index is 11.9. The number of aromatic amines is 1. The van der Waals surface area contributed by atoms with Gasteiger partial charge in [-0.3, -0.25) is 14.7 Å². The molecule has 0 radical (unpaired) electrons. The zero-order valence-corrected chi connectivity index (χ0v) is 9.64. The highest BCUT2D eigenvalue weighted by Gasteiger charge is 2.25. The van der Waals surface area contributed by atoms with Crippen molar-refractivity contribution in [2.75, 3.05) is 13.1 Å². The van der Waals surface area contributed by atoms with Gasteiger partial charge in [-0.1, -0.05) is 0 Å². The van der Waals surface area contributed by atoms with Crippen LogP contribution in [0.25, 0.3) is 0 Å². The molecule has 0 saturated carbocycles. The lowest BCUT2D eigenvalue weighted by Crippen LogP contribution is -2.46. The zero-order valence-electron chi connectivity index (χ0n) is 9.64. The number of amides is 2. The average Bonchev–Trinajstić information content (AvgIpc) is 3.00. The van der Waals surface area contributed by atoms with Crippen LogP contribution in [-0.2, 0) is 4.79 Å². The number of rotatable bonds is 3. The number of nitrogens with zero attached hydrogens (tertiary/aromatic N) is 3. The molecule has 2 N–H and O–H groups in total. The van der Waals surface area contributed by atoms with Crippen molar-refractivity contribution in [2.45, 2.75) is 25.8 Å². The summed E-state index contributed by atoms with van der Waals surface area (Å²) >= 11 is 0. The first kappa shape index (κ1) is 11.6. The Morgan fingerprint density at radius 1 is 1.47 bits per heavy atom. The Morgan fingerprint density at radius 3 is 2.76 bits per heavy atom. The van der Waals surface area contributed by atoms with E-state index in [0.717, 1.165) is 25.9 Å². The highest BCUT2D eigenvalue weighted by atomic mass is 16.2. The molecule has 1 aliphatic rings. The quantitative estimate of drug-likeness (QED) is 0.744. The van der Waals surface area contributed by atoms with Gasteiger partial charge in [0.1, 0.15) is 12.4 Å². The molecule has 1 aromatic heterocycles. The van der Waals surface area contributed by atoms with Gasteiger partial charge >= 0.3 is 0 Å². The van der Waals surface area contributed by atoms with E-state index >= 15 is 0 Å². The fourth-order valence-corrected chi connectivity index (χ4v) is 1.85.